The summed E-state index contributed by atoms with van der Waals surface area (Å²) in [4.78, 5) is 12.2. The first kappa shape index (κ1) is 17.8. The molecule has 2 rings (SSSR count). The predicted octanol–water partition coefficient (Wildman–Crippen LogP) is 4.69. The molecule has 0 spiro atoms. The zero-order chi connectivity index (χ0) is 17.7. The van der Waals surface area contributed by atoms with Crippen molar-refractivity contribution in [1.29, 1.82) is 5.26 Å². The summed E-state index contributed by atoms with van der Waals surface area (Å²) in [6.07, 6.45) is 1.25. The van der Waals surface area contributed by atoms with Crippen LogP contribution in [-0.4, -0.2) is 13.0 Å². The van der Waals surface area contributed by atoms with Crippen LogP contribution in [0.5, 0.6) is 5.75 Å². The number of amides is 1. The fourth-order valence-electron chi connectivity index (χ4n) is 1.89. The Balaban J connectivity index is 2.29. The van der Waals surface area contributed by atoms with Crippen molar-refractivity contribution in [3.63, 3.8) is 0 Å². The van der Waals surface area contributed by atoms with Gasteiger partial charge in [-0.15, -0.1) is 0 Å². The summed E-state index contributed by atoms with van der Waals surface area (Å²) >= 11 is 11.9. The number of nitrogens with zero attached hydrogens (tertiary/aromatic N) is 1. The molecule has 2 aromatic carbocycles. The molecule has 0 saturated heterocycles. The number of carbonyl (C=O) groups is 1. The van der Waals surface area contributed by atoms with Crippen molar-refractivity contribution in [2.75, 3.05) is 12.4 Å². The van der Waals surface area contributed by atoms with Crippen LogP contribution < -0.4 is 10.1 Å². The number of halogens is 3. The summed E-state index contributed by atoms with van der Waals surface area (Å²) in [7, 11) is 1.34. The Kier molecular flexibility index (Phi) is 5.80. The second kappa shape index (κ2) is 7.82. The van der Waals surface area contributed by atoms with Gasteiger partial charge in [-0.05, 0) is 35.9 Å². The monoisotopic (exact) mass is 364 g/mol. The van der Waals surface area contributed by atoms with Crippen LogP contribution in [0.2, 0.25) is 10.0 Å². The van der Waals surface area contributed by atoms with Gasteiger partial charge in [0, 0.05) is 0 Å². The third kappa shape index (κ3) is 4.05. The lowest BCUT2D eigenvalue weighted by molar-refractivity contribution is -0.112. The van der Waals surface area contributed by atoms with Crippen molar-refractivity contribution in [2.24, 2.45) is 0 Å². The Morgan fingerprint density at radius 3 is 2.50 bits per heavy atom. The third-order valence-electron chi connectivity index (χ3n) is 3.05. The van der Waals surface area contributed by atoms with Gasteiger partial charge in [-0.25, -0.2) is 4.39 Å². The second-order valence-corrected chi connectivity index (χ2v) is 5.43. The highest BCUT2D eigenvalue weighted by atomic mass is 35.5. The minimum Gasteiger partial charge on any atom is -0.494 e. The van der Waals surface area contributed by atoms with Crippen LogP contribution in [0.3, 0.4) is 0 Å². The standard InChI is InChI=1S/C17H11Cl2FN2O2/c1-24-15-6-5-10(8-14(15)20)7-11(9-21)17(23)22-16-12(18)3-2-4-13(16)19/h2-8H,1H3,(H,22,23). The molecule has 0 aliphatic heterocycles. The number of rotatable bonds is 4. The van der Waals surface area contributed by atoms with Crippen LogP contribution >= 0.6 is 23.2 Å². The van der Waals surface area contributed by atoms with Gasteiger partial charge >= 0.3 is 0 Å². The van der Waals surface area contributed by atoms with Gasteiger partial charge < -0.3 is 10.1 Å². The third-order valence-corrected chi connectivity index (χ3v) is 3.68. The maximum absolute atomic E-state index is 13.7. The van der Waals surface area contributed by atoms with Gasteiger partial charge in [0.05, 0.1) is 22.8 Å². The Labute approximate surface area is 148 Å². The van der Waals surface area contributed by atoms with Crippen LogP contribution in [0, 0.1) is 17.1 Å². The Morgan fingerprint density at radius 1 is 1.29 bits per heavy atom. The van der Waals surface area contributed by atoms with E-state index in [0.717, 1.165) is 6.07 Å². The van der Waals surface area contributed by atoms with Crippen molar-refractivity contribution in [3.8, 4) is 11.8 Å². The summed E-state index contributed by atoms with van der Waals surface area (Å²) in [5, 5.41) is 12.1. The number of para-hydroxylation sites is 1. The molecule has 0 saturated carbocycles. The molecule has 0 aliphatic rings. The van der Waals surface area contributed by atoms with Crippen molar-refractivity contribution in [2.45, 2.75) is 0 Å². The van der Waals surface area contributed by atoms with E-state index in [9.17, 15) is 14.4 Å². The predicted molar refractivity (Wildman–Crippen MR) is 91.6 cm³/mol. The van der Waals surface area contributed by atoms with Gasteiger partial charge in [0.1, 0.15) is 11.6 Å². The average molecular weight is 365 g/mol. The molecule has 1 amide bonds. The van der Waals surface area contributed by atoms with Gasteiger partial charge in [-0.3, -0.25) is 4.79 Å². The van der Waals surface area contributed by atoms with E-state index in [4.69, 9.17) is 27.9 Å². The summed E-state index contributed by atoms with van der Waals surface area (Å²) < 4.78 is 18.5. The minimum atomic E-state index is -0.705. The first-order chi connectivity index (χ1) is 11.5. The SMILES string of the molecule is COc1ccc(C=C(C#N)C(=O)Nc2c(Cl)cccc2Cl)cc1F. The Bertz CT molecular complexity index is 840. The molecule has 4 nitrogen and oxygen atoms in total. The Hall–Kier alpha value is -2.55. The molecular formula is C17H11Cl2FN2O2. The number of anilines is 1. The number of ether oxygens (including phenoxy) is 1. The topological polar surface area (TPSA) is 62.1 Å². The van der Waals surface area contributed by atoms with E-state index in [1.165, 1.54) is 25.3 Å². The van der Waals surface area contributed by atoms with E-state index in [2.05, 4.69) is 5.32 Å². The zero-order valence-corrected chi connectivity index (χ0v) is 14.0. The molecule has 0 fully saturated rings. The largest absolute Gasteiger partial charge is 0.494 e. The highest BCUT2D eigenvalue weighted by Crippen LogP contribution is 2.30. The van der Waals surface area contributed by atoms with Gasteiger partial charge in [-0.2, -0.15) is 5.26 Å². The lowest BCUT2D eigenvalue weighted by Crippen LogP contribution is -2.14. The number of nitriles is 1. The molecule has 0 unspecified atom stereocenters. The Morgan fingerprint density at radius 2 is 1.96 bits per heavy atom. The smallest absolute Gasteiger partial charge is 0.266 e. The summed E-state index contributed by atoms with van der Waals surface area (Å²) in [6.45, 7) is 0. The summed E-state index contributed by atoms with van der Waals surface area (Å²) in [6, 6.07) is 10.6. The van der Waals surface area contributed by atoms with Crippen LogP contribution in [0.1, 0.15) is 5.56 Å². The fraction of sp³-hybridized carbons (Fsp3) is 0.0588. The number of methoxy groups -OCH3 is 1. The van der Waals surface area contributed by atoms with Crippen molar-refractivity contribution < 1.29 is 13.9 Å². The highest BCUT2D eigenvalue weighted by Gasteiger charge is 2.14. The molecule has 2 aromatic rings. The maximum Gasteiger partial charge on any atom is 0.266 e. The number of nitrogens with one attached hydrogen (secondary N) is 1. The van der Waals surface area contributed by atoms with Crippen LogP contribution in [0.15, 0.2) is 42.0 Å². The van der Waals surface area contributed by atoms with Crippen molar-refractivity contribution >= 4 is 40.9 Å². The normalized spacial score (nSPS) is 10.9. The molecule has 0 heterocycles. The fourth-order valence-corrected chi connectivity index (χ4v) is 2.38. The van der Waals surface area contributed by atoms with Gasteiger partial charge in [0.25, 0.3) is 5.91 Å². The minimum absolute atomic E-state index is 0.0676. The van der Waals surface area contributed by atoms with Crippen molar-refractivity contribution in [1.82, 2.24) is 0 Å². The average Bonchev–Trinajstić information content (AvgIpc) is 2.56. The first-order valence-corrected chi connectivity index (χ1v) is 7.42. The highest BCUT2D eigenvalue weighted by molar-refractivity contribution is 6.40. The van der Waals surface area contributed by atoms with E-state index >= 15 is 0 Å². The molecule has 0 bridgehead atoms. The molecule has 0 radical (unpaired) electrons. The maximum atomic E-state index is 13.7. The second-order valence-electron chi connectivity index (χ2n) is 4.61. The van der Waals surface area contributed by atoms with Gasteiger partial charge in [0.2, 0.25) is 0 Å². The molecule has 24 heavy (non-hydrogen) atoms. The number of hydrogen-bond donors (Lipinski definition) is 1. The molecule has 0 aliphatic carbocycles. The molecule has 1 N–H and O–H groups in total. The molecule has 122 valence electrons. The number of hydrogen-bond acceptors (Lipinski definition) is 3. The van der Waals surface area contributed by atoms with E-state index < -0.39 is 11.7 Å². The molecule has 0 atom stereocenters. The zero-order valence-electron chi connectivity index (χ0n) is 12.4. The molecule has 7 heteroatoms. The van der Waals surface area contributed by atoms with E-state index in [1.807, 2.05) is 0 Å². The van der Waals surface area contributed by atoms with Gasteiger partial charge in [0.15, 0.2) is 11.6 Å². The van der Waals surface area contributed by atoms with Crippen molar-refractivity contribution in [3.05, 3.63) is 63.4 Å². The summed E-state index contributed by atoms with van der Waals surface area (Å²) in [5.74, 6) is -1.24. The number of benzene rings is 2. The van der Waals surface area contributed by atoms with E-state index in [-0.39, 0.29) is 27.1 Å². The lowest BCUT2D eigenvalue weighted by Gasteiger charge is -2.08. The molecular weight excluding hydrogens is 354 g/mol. The summed E-state index contributed by atoms with van der Waals surface area (Å²) in [5.41, 5.74) is 0.314. The van der Waals surface area contributed by atoms with E-state index in [0.29, 0.717) is 5.56 Å². The lowest BCUT2D eigenvalue weighted by atomic mass is 10.1. The van der Waals surface area contributed by atoms with E-state index in [1.54, 1.807) is 24.3 Å². The first-order valence-electron chi connectivity index (χ1n) is 6.67. The molecule has 0 aromatic heterocycles. The van der Waals surface area contributed by atoms with Crippen LogP contribution in [-0.2, 0) is 4.79 Å². The van der Waals surface area contributed by atoms with Gasteiger partial charge in [-0.1, -0.05) is 35.3 Å². The quantitative estimate of drug-likeness (QED) is 0.632. The van der Waals surface area contributed by atoms with Crippen LogP contribution in [0.25, 0.3) is 6.08 Å². The number of carbonyl (C=O) groups excluding carboxylic acids is 1. The van der Waals surface area contributed by atoms with Crippen LogP contribution in [0.4, 0.5) is 10.1 Å².